The van der Waals surface area contributed by atoms with Crippen LogP contribution in [-0.4, -0.2) is 75.6 Å². The molecule has 17 heteroatoms. The maximum absolute atomic E-state index is 15.0. The molecule has 1 aromatic carbocycles. The van der Waals surface area contributed by atoms with Gasteiger partial charge in [0, 0.05) is 49.3 Å². The maximum atomic E-state index is 15.0. The molecule has 0 unspecified atom stereocenters. The highest BCUT2D eigenvalue weighted by Crippen LogP contribution is 2.45. The van der Waals surface area contributed by atoms with Gasteiger partial charge in [-0.3, -0.25) is 19.4 Å². The number of hydrogen-bond acceptors (Lipinski definition) is 8. The number of halogens is 6. The number of ether oxygens (including phenoxy) is 2. The van der Waals surface area contributed by atoms with Crippen LogP contribution in [0.25, 0.3) is 0 Å². The van der Waals surface area contributed by atoms with Crippen LogP contribution in [0.15, 0.2) is 54.0 Å². The number of nitriles is 1. The summed E-state index contributed by atoms with van der Waals surface area (Å²) in [4.78, 5) is 46.2. The quantitative estimate of drug-likeness (QED) is 0.126. The molecular formula is C41H46F6N4O6S. The monoisotopic (exact) mass is 836 g/mol. The van der Waals surface area contributed by atoms with Crippen molar-refractivity contribution in [2.45, 2.75) is 102 Å². The average Bonchev–Trinajstić information content (AvgIpc) is 3.67. The van der Waals surface area contributed by atoms with Gasteiger partial charge in [0.2, 0.25) is 5.60 Å². The minimum absolute atomic E-state index is 0.00318. The van der Waals surface area contributed by atoms with Crippen LogP contribution < -0.4 is 9.47 Å². The van der Waals surface area contributed by atoms with Gasteiger partial charge in [0.15, 0.2) is 0 Å². The summed E-state index contributed by atoms with van der Waals surface area (Å²) in [5.41, 5.74) is -4.67. The molecule has 0 aliphatic carbocycles. The minimum Gasteiger partial charge on any atom is -0.493 e. The molecule has 2 aliphatic heterocycles. The van der Waals surface area contributed by atoms with Crippen molar-refractivity contribution in [1.29, 1.82) is 5.26 Å². The van der Waals surface area contributed by atoms with Gasteiger partial charge in [0.05, 0.1) is 35.6 Å². The number of hydrogen-bond donors (Lipinski definition) is 1. The number of thiophene rings is 1. The van der Waals surface area contributed by atoms with Gasteiger partial charge in [-0.15, -0.1) is 11.3 Å². The van der Waals surface area contributed by atoms with E-state index in [9.17, 15) is 46.3 Å². The highest BCUT2D eigenvalue weighted by Gasteiger charge is 2.57. The topological polar surface area (TPSA) is 133 Å². The lowest BCUT2D eigenvalue weighted by molar-refractivity contribution is -0.160. The normalized spacial score (nSPS) is 20.3. The number of rotatable bonds is 14. The van der Waals surface area contributed by atoms with Crippen molar-refractivity contribution in [2.75, 3.05) is 26.2 Å². The van der Waals surface area contributed by atoms with E-state index in [1.54, 1.807) is 31.2 Å². The Balaban J connectivity index is 1.46. The van der Waals surface area contributed by atoms with Crippen molar-refractivity contribution in [3.63, 3.8) is 0 Å². The van der Waals surface area contributed by atoms with Crippen molar-refractivity contribution in [3.8, 4) is 17.6 Å². The summed E-state index contributed by atoms with van der Waals surface area (Å²) in [6.45, 7) is 5.58. The third-order valence-corrected chi connectivity index (χ3v) is 12.0. The Labute approximate surface area is 336 Å². The van der Waals surface area contributed by atoms with Crippen molar-refractivity contribution in [2.24, 2.45) is 11.8 Å². The van der Waals surface area contributed by atoms with Gasteiger partial charge in [-0.25, -0.2) is 0 Å². The molecule has 3 atom stereocenters. The molecule has 0 bridgehead atoms. The third kappa shape index (κ3) is 9.37. The summed E-state index contributed by atoms with van der Waals surface area (Å²) in [5.74, 6) is -3.06. The van der Waals surface area contributed by atoms with Gasteiger partial charge in [-0.05, 0) is 62.6 Å². The Bertz CT molecular complexity index is 1970. The largest absolute Gasteiger partial charge is 0.493 e. The SMILES string of the molecule is CCC[C@H]1N(C(=O)c2ncccc2C(F)(F)F)CCC[C@@]1(Oc1csc(C(F)(F)F)c1)C(=O)N1CCC(C#N)(c2ccccc2OCCC[C@H](C(=O)O)C(C)C)CC1. The van der Waals surface area contributed by atoms with Crippen LogP contribution in [0.4, 0.5) is 26.3 Å². The fourth-order valence-corrected chi connectivity index (χ4v) is 8.77. The Morgan fingerprint density at radius 2 is 1.74 bits per heavy atom. The van der Waals surface area contributed by atoms with Crippen LogP contribution in [0.5, 0.6) is 11.5 Å². The molecule has 2 aliphatic rings. The third-order valence-electron chi connectivity index (χ3n) is 11.1. The van der Waals surface area contributed by atoms with E-state index in [0.717, 1.165) is 34.7 Å². The number of carbonyl (C=O) groups is 3. The molecule has 10 nitrogen and oxygen atoms in total. The van der Waals surface area contributed by atoms with E-state index < -0.39 is 69.2 Å². The van der Waals surface area contributed by atoms with E-state index in [-0.39, 0.29) is 70.0 Å². The number of carboxylic acid groups (broad SMARTS) is 1. The highest BCUT2D eigenvalue weighted by molar-refractivity contribution is 7.10. The first kappa shape index (κ1) is 44.3. The molecule has 2 amide bonds. The van der Waals surface area contributed by atoms with E-state index in [1.165, 1.54) is 4.90 Å². The van der Waals surface area contributed by atoms with E-state index in [1.807, 2.05) is 13.8 Å². The predicted octanol–water partition coefficient (Wildman–Crippen LogP) is 9.00. The van der Waals surface area contributed by atoms with Crippen molar-refractivity contribution in [1.82, 2.24) is 14.8 Å². The summed E-state index contributed by atoms with van der Waals surface area (Å²) >= 11 is 0.362. The Morgan fingerprint density at radius 1 is 1.03 bits per heavy atom. The van der Waals surface area contributed by atoms with Gasteiger partial charge < -0.3 is 24.4 Å². The number of alkyl halides is 6. The average molecular weight is 837 g/mol. The van der Waals surface area contributed by atoms with E-state index in [0.29, 0.717) is 41.9 Å². The number of likely N-dealkylation sites (tertiary alicyclic amines) is 2. The Kier molecular flexibility index (Phi) is 13.7. The number of nitrogens with zero attached hydrogens (tertiary/aromatic N) is 4. The van der Waals surface area contributed by atoms with Crippen LogP contribution in [0, 0.1) is 23.2 Å². The van der Waals surface area contributed by atoms with Crippen LogP contribution in [0.3, 0.4) is 0 Å². The van der Waals surface area contributed by atoms with Crippen LogP contribution >= 0.6 is 11.3 Å². The molecule has 5 rings (SSSR count). The number of piperidine rings is 2. The highest BCUT2D eigenvalue weighted by atomic mass is 32.1. The smallest absolute Gasteiger partial charge is 0.425 e. The first-order chi connectivity index (χ1) is 27.4. The number of carboxylic acids is 1. The molecule has 58 heavy (non-hydrogen) atoms. The standard InChI is InChI=1S/C41H46F6N4O6S/c1-4-10-32-39(57-27-23-33(58-24-27)41(45,46)47,15-9-19-51(32)35(52)34-30(40(42,43)44)13-7-18-49-34)37(55)50-20-16-38(25-48,17-21-50)29-12-5-6-14-31(29)56-22-8-11-28(26(2)3)36(53)54/h5-7,12-14,18,23-24,26,28,32H,4,8-11,15-17,19-22H2,1-3H3,(H,53,54)/t28-,32+,39-/m0/s1. The zero-order chi connectivity index (χ0) is 42.5. The molecule has 3 aromatic rings. The summed E-state index contributed by atoms with van der Waals surface area (Å²) < 4.78 is 95.9. The number of carbonyl (C=O) groups excluding carboxylic acids is 2. The molecule has 0 spiro atoms. The van der Waals surface area contributed by atoms with Crippen LogP contribution in [0.1, 0.15) is 98.6 Å². The van der Waals surface area contributed by atoms with Gasteiger partial charge >= 0.3 is 18.3 Å². The van der Waals surface area contributed by atoms with Crippen molar-refractivity contribution >= 4 is 29.1 Å². The predicted molar refractivity (Wildman–Crippen MR) is 201 cm³/mol. The zero-order valence-corrected chi connectivity index (χ0v) is 33.2. The summed E-state index contributed by atoms with van der Waals surface area (Å²) in [7, 11) is 0. The number of para-hydroxylation sites is 1. The lowest BCUT2D eigenvalue weighted by Gasteiger charge is -2.51. The van der Waals surface area contributed by atoms with Gasteiger partial charge in [-0.2, -0.15) is 31.6 Å². The first-order valence-electron chi connectivity index (χ1n) is 19.2. The zero-order valence-electron chi connectivity index (χ0n) is 32.4. The van der Waals surface area contributed by atoms with E-state index in [2.05, 4.69) is 11.1 Å². The van der Waals surface area contributed by atoms with Crippen molar-refractivity contribution < 1.29 is 55.3 Å². The number of amides is 2. The second-order valence-corrected chi connectivity index (χ2v) is 16.0. The maximum Gasteiger partial charge on any atom is 0.425 e. The van der Waals surface area contributed by atoms with Crippen LogP contribution in [-0.2, 0) is 27.4 Å². The Morgan fingerprint density at radius 3 is 2.34 bits per heavy atom. The van der Waals surface area contributed by atoms with Gasteiger partial charge in [0.25, 0.3) is 11.8 Å². The lowest BCUT2D eigenvalue weighted by atomic mass is 9.72. The van der Waals surface area contributed by atoms with Gasteiger partial charge in [-0.1, -0.05) is 45.4 Å². The summed E-state index contributed by atoms with van der Waals surface area (Å²) in [6, 6.07) is 10.8. The van der Waals surface area contributed by atoms with Crippen LogP contribution in [0.2, 0.25) is 0 Å². The second kappa shape index (κ2) is 18.0. The van der Waals surface area contributed by atoms with E-state index in [4.69, 9.17) is 9.47 Å². The second-order valence-electron chi connectivity index (χ2n) is 15.1. The Hall–Kier alpha value is -4.85. The number of benzene rings is 1. The van der Waals surface area contributed by atoms with Crippen molar-refractivity contribution in [3.05, 3.63) is 75.7 Å². The molecule has 314 valence electrons. The molecule has 4 heterocycles. The van der Waals surface area contributed by atoms with Gasteiger partial charge in [0.1, 0.15) is 22.1 Å². The fraction of sp³-hybridized carbons (Fsp3) is 0.537. The molecule has 2 fully saturated rings. The molecule has 0 radical (unpaired) electrons. The molecule has 2 aromatic heterocycles. The fourth-order valence-electron chi connectivity index (χ4n) is 8.09. The minimum atomic E-state index is -4.93. The number of pyridine rings is 1. The molecule has 1 N–H and O–H groups in total. The lowest BCUT2D eigenvalue weighted by Crippen LogP contribution is -2.68. The molecular weight excluding hydrogens is 791 g/mol. The number of aliphatic carboxylic acids is 1. The molecule has 2 saturated heterocycles. The first-order valence-corrected chi connectivity index (χ1v) is 20.1. The summed E-state index contributed by atoms with van der Waals surface area (Å²) in [6.07, 6.45) is -7.05. The summed E-state index contributed by atoms with van der Waals surface area (Å²) in [5, 5.41) is 21.3. The number of aromatic nitrogens is 1. The molecule has 0 saturated carbocycles. The van der Waals surface area contributed by atoms with E-state index >= 15 is 4.79 Å².